The predicted molar refractivity (Wildman–Crippen MR) is 101 cm³/mol. The molecule has 0 atom stereocenters. The highest BCUT2D eigenvalue weighted by atomic mass is 35.5. The van der Waals surface area contributed by atoms with E-state index in [-0.39, 0.29) is 26.4 Å². The van der Waals surface area contributed by atoms with Gasteiger partial charge in [0.25, 0.3) is 10.0 Å². The molecular formula is C17H17Cl2NO5S. The van der Waals surface area contributed by atoms with Crippen molar-refractivity contribution < 1.29 is 23.1 Å². The molecule has 1 N–H and O–H groups in total. The van der Waals surface area contributed by atoms with Gasteiger partial charge in [-0.3, -0.25) is 9.10 Å². The number of ether oxygens (including phenoxy) is 1. The molecule has 140 valence electrons. The summed E-state index contributed by atoms with van der Waals surface area (Å²) < 4.78 is 32.0. The van der Waals surface area contributed by atoms with Crippen LogP contribution in [0.4, 0.5) is 5.69 Å². The first-order valence-corrected chi connectivity index (χ1v) is 9.63. The molecule has 0 aliphatic carbocycles. The van der Waals surface area contributed by atoms with Crippen molar-refractivity contribution in [2.45, 2.75) is 18.7 Å². The van der Waals surface area contributed by atoms with Gasteiger partial charge in [-0.1, -0.05) is 29.3 Å². The number of hydrogen-bond donors (Lipinski definition) is 1. The van der Waals surface area contributed by atoms with Crippen LogP contribution in [-0.2, 0) is 14.8 Å². The van der Waals surface area contributed by atoms with Crippen molar-refractivity contribution in [3.8, 4) is 5.75 Å². The van der Waals surface area contributed by atoms with E-state index in [2.05, 4.69) is 0 Å². The van der Waals surface area contributed by atoms with Crippen LogP contribution in [0, 0.1) is 13.8 Å². The maximum Gasteiger partial charge on any atom is 0.324 e. The highest BCUT2D eigenvalue weighted by Gasteiger charge is 2.31. The molecule has 0 heterocycles. The van der Waals surface area contributed by atoms with Crippen molar-refractivity contribution in [2.24, 2.45) is 0 Å². The molecule has 0 amide bonds. The highest BCUT2D eigenvalue weighted by molar-refractivity contribution is 7.93. The van der Waals surface area contributed by atoms with E-state index in [4.69, 9.17) is 27.9 Å². The van der Waals surface area contributed by atoms with E-state index < -0.39 is 22.5 Å². The van der Waals surface area contributed by atoms with Crippen molar-refractivity contribution in [3.05, 3.63) is 51.5 Å². The molecular weight excluding hydrogens is 401 g/mol. The maximum absolute atomic E-state index is 13.1. The van der Waals surface area contributed by atoms with E-state index >= 15 is 0 Å². The van der Waals surface area contributed by atoms with Crippen LogP contribution in [-0.4, -0.2) is 33.1 Å². The quantitative estimate of drug-likeness (QED) is 0.770. The molecule has 6 nitrogen and oxygen atoms in total. The van der Waals surface area contributed by atoms with Crippen LogP contribution < -0.4 is 9.04 Å². The Morgan fingerprint density at radius 3 is 2.31 bits per heavy atom. The van der Waals surface area contributed by atoms with Gasteiger partial charge in [-0.15, -0.1) is 0 Å². The van der Waals surface area contributed by atoms with E-state index in [0.717, 1.165) is 15.4 Å². The zero-order chi connectivity index (χ0) is 19.6. The minimum absolute atomic E-state index is 0.0643. The van der Waals surface area contributed by atoms with Gasteiger partial charge in [0.2, 0.25) is 0 Å². The number of hydrogen-bond acceptors (Lipinski definition) is 4. The Labute approximate surface area is 162 Å². The average molecular weight is 418 g/mol. The van der Waals surface area contributed by atoms with Crippen LogP contribution in [0.15, 0.2) is 35.2 Å². The lowest BCUT2D eigenvalue weighted by Gasteiger charge is -2.24. The summed E-state index contributed by atoms with van der Waals surface area (Å²) in [5.74, 6) is -1.09. The number of halogens is 2. The van der Waals surface area contributed by atoms with Crippen molar-refractivity contribution in [1.82, 2.24) is 0 Å². The van der Waals surface area contributed by atoms with Gasteiger partial charge >= 0.3 is 5.97 Å². The number of anilines is 1. The largest absolute Gasteiger partial charge is 0.495 e. The molecule has 0 saturated heterocycles. The van der Waals surface area contributed by atoms with Gasteiger partial charge in [0.15, 0.2) is 0 Å². The fourth-order valence-corrected chi connectivity index (χ4v) is 4.53. The Bertz CT molecular complexity index is 960. The van der Waals surface area contributed by atoms with Gasteiger partial charge in [0.05, 0.1) is 17.8 Å². The summed E-state index contributed by atoms with van der Waals surface area (Å²) in [5, 5.41) is 8.90. The number of methoxy groups -OCH3 is 1. The topological polar surface area (TPSA) is 83.9 Å². The summed E-state index contributed by atoms with van der Waals surface area (Å²) in [6, 6.07) is 7.47. The van der Waals surface area contributed by atoms with Crippen molar-refractivity contribution in [2.75, 3.05) is 18.0 Å². The minimum Gasteiger partial charge on any atom is -0.495 e. The minimum atomic E-state index is -4.28. The van der Waals surface area contributed by atoms with Gasteiger partial charge in [0.1, 0.15) is 22.2 Å². The standard InChI is InChI=1S/C17H17Cl2NO5S/c1-10-4-5-12(8-11(10)2)20(9-15(21)22)26(23,24)14-7-6-13(25-3)16(18)17(14)19/h4-8H,9H2,1-3H3,(H,21,22). The lowest BCUT2D eigenvalue weighted by atomic mass is 10.1. The molecule has 0 bridgehead atoms. The number of sulfonamides is 1. The monoisotopic (exact) mass is 417 g/mol. The van der Waals surface area contributed by atoms with Crippen LogP contribution in [0.3, 0.4) is 0 Å². The highest BCUT2D eigenvalue weighted by Crippen LogP contribution is 2.38. The Morgan fingerprint density at radius 1 is 1.12 bits per heavy atom. The third-order valence-electron chi connectivity index (χ3n) is 3.86. The Kier molecular flexibility index (Phi) is 6.05. The first kappa shape index (κ1) is 20.4. The molecule has 26 heavy (non-hydrogen) atoms. The zero-order valence-electron chi connectivity index (χ0n) is 14.3. The lowest BCUT2D eigenvalue weighted by Crippen LogP contribution is -2.36. The lowest BCUT2D eigenvalue weighted by molar-refractivity contribution is -0.135. The summed E-state index contributed by atoms with van der Waals surface area (Å²) >= 11 is 12.2. The molecule has 0 unspecified atom stereocenters. The molecule has 2 rings (SSSR count). The van der Waals surface area contributed by atoms with E-state index in [1.165, 1.54) is 19.2 Å². The van der Waals surface area contributed by atoms with Crippen molar-refractivity contribution >= 4 is 44.9 Å². The second kappa shape index (κ2) is 7.73. The average Bonchev–Trinajstić information content (AvgIpc) is 2.57. The number of rotatable bonds is 6. The van der Waals surface area contributed by atoms with Crippen LogP contribution in [0.25, 0.3) is 0 Å². The summed E-state index contributed by atoms with van der Waals surface area (Å²) in [6.07, 6.45) is 0. The number of nitrogens with zero attached hydrogens (tertiary/aromatic N) is 1. The number of aliphatic carboxylic acids is 1. The molecule has 0 radical (unpaired) electrons. The number of carboxylic acid groups (broad SMARTS) is 1. The number of aryl methyl sites for hydroxylation is 2. The maximum atomic E-state index is 13.1. The summed E-state index contributed by atoms with van der Waals surface area (Å²) in [4.78, 5) is 11.0. The molecule has 0 aromatic heterocycles. The molecule has 0 fully saturated rings. The second-order valence-corrected chi connectivity index (χ2v) is 8.15. The third kappa shape index (κ3) is 3.90. The summed E-state index contributed by atoms with van der Waals surface area (Å²) in [5.41, 5.74) is 2.00. The molecule has 0 aliphatic rings. The number of benzene rings is 2. The Morgan fingerprint density at radius 2 is 1.77 bits per heavy atom. The Balaban J connectivity index is 2.65. The van der Waals surface area contributed by atoms with E-state index in [1.54, 1.807) is 18.2 Å². The number of carbonyl (C=O) groups is 1. The van der Waals surface area contributed by atoms with Crippen LogP contribution in [0.1, 0.15) is 11.1 Å². The fraction of sp³-hybridized carbons (Fsp3) is 0.235. The molecule has 2 aromatic rings. The Hall–Kier alpha value is -1.96. The van der Waals surface area contributed by atoms with Crippen molar-refractivity contribution in [1.29, 1.82) is 0 Å². The van der Waals surface area contributed by atoms with Crippen LogP contribution in [0.5, 0.6) is 5.75 Å². The van der Waals surface area contributed by atoms with Crippen LogP contribution >= 0.6 is 23.2 Å². The van der Waals surface area contributed by atoms with Gasteiger partial charge in [-0.25, -0.2) is 8.42 Å². The molecule has 2 aromatic carbocycles. The van der Waals surface area contributed by atoms with E-state index in [9.17, 15) is 18.3 Å². The van der Waals surface area contributed by atoms with E-state index in [1.807, 2.05) is 13.8 Å². The van der Waals surface area contributed by atoms with Crippen LogP contribution in [0.2, 0.25) is 10.0 Å². The predicted octanol–water partition coefficient (Wildman–Crippen LogP) is 3.90. The molecule has 9 heteroatoms. The summed E-state index contributed by atoms with van der Waals surface area (Å²) in [7, 11) is -2.90. The van der Waals surface area contributed by atoms with Crippen molar-refractivity contribution in [3.63, 3.8) is 0 Å². The van der Waals surface area contributed by atoms with Gasteiger partial charge in [-0.05, 0) is 49.2 Å². The number of carboxylic acids is 1. The van der Waals surface area contributed by atoms with Gasteiger partial charge in [0, 0.05) is 0 Å². The fourth-order valence-electron chi connectivity index (χ4n) is 2.31. The normalized spacial score (nSPS) is 11.3. The molecule has 0 aliphatic heterocycles. The molecule has 0 spiro atoms. The summed E-state index contributed by atoms with van der Waals surface area (Å²) in [6.45, 7) is 2.92. The van der Waals surface area contributed by atoms with E-state index in [0.29, 0.717) is 0 Å². The SMILES string of the molecule is COc1ccc(S(=O)(=O)N(CC(=O)O)c2ccc(C)c(C)c2)c(Cl)c1Cl. The first-order valence-electron chi connectivity index (χ1n) is 7.43. The first-order chi connectivity index (χ1) is 12.1. The van der Waals surface area contributed by atoms with Gasteiger partial charge < -0.3 is 9.84 Å². The molecule has 0 saturated carbocycles. The smallest absolute Gasteiger partial charge is 0.324 e. The second-order valence-electron chi connectivity index (χ2n) is 5.57. The van der Waals surface area contributed by atoms with Gasteiger partial charge in [-0.2, -0.15) is 0 Å². The zero-order valence-corrected chi connectivity index (χ0v) is 16.6. The third-order valence-corrected chi connectivity index (χ3v) is 6.65.